The summed E-state index contributed by atoms with van der Waals surface area (Å²) < 4.78 is 1.91. The highest BCUT2D eigenvalue weighted by Gasteiger charge is 2.19. The largest absolute Gasteiger partial charge is 0.481 e. The maximum Gasteiger partial charge on any atom is 0.304 e. The number of nitrogens with zero attached hydrogens (tertiary/aromatic N) is 2. The number of nitrogens with one attached hydrogen (secondary N) is 1. The summed E-state index contributed by atoms with van der Waals surface area (Å²) >= 11 is 1.57. The zero-order chi connectivity index (χ0) is 18.4. The average Bonchev–Trinajstić information content (AvgIpc) is 3.30. The third-order valence-electron chi connectivity index (χ3n) is 4.45. The fourth-order valence-electron chi connectivity index (χ4n) is 3.11. The van der Waals surface area contributed by atoms with Crippen molar-refractivity contribution < 1.29 is 14.7 Å². The Morgan fingerprint density at radius 1 is 1.27 bits per heavy atom. The van der Waals surface area contributed by atoms with Crippen LogP contribution in [0.4, 0.5) is 5.69 Å². The second-order valence-corrected chi connectivity index (χ2v) is 7.58. The Bertz CT molecular complexity index is 769. The molecule has 26 heavy (non-hydrogen) atoms. The molecule has 0 bridgehead atoms. The molecule has 0 aliphatic heterocycles. The molecule has 1 aliphatic carbocycles. The fourth-order valence-corrected chi connectivity index (χ4v) is 3.99. The number of benzene rings is 1. The van der Waals surface area contributed by atoms with Gasteiger partial charge in [0, 0.05) is 23.4 Å². The normalized spacial score (nSPS) is 14.5. The van der Waals surface area contributed by atoms with Gasteiger partial charge in [-0.25, -0.2) is 0 Å². The van der Waals surface area contributed by atoms with E-state index in [2.05, 4.69) is 10.4 Å². The third-order valence-corrected chi connectivity index (χ3v) is 5.48. The molecule has 7 heteroatoms. The molecule has 2 aromatic rings. The molecule has 1 aromatic heterocycles. The van der Waals surface area contributed by atoms with Crippen molar-refractivity contribution >= 4 is 29.3 Å². The SMILES string of the molecule is O=C(O)CCSCc1cccc(NC(=O)c2ccn(C3CCCC3)n2)c1. The average molecular weight is 373 g/mol. The highest BCUT2D eigenvalue weighted by molar-refractivity contribution is 7.98. The van der Waals surface area contributed by atoms with Gasteiger partial charge >= 0.3 is 5.97 Å². The van der Waals surface area contributed by atoms with E-state index in [1.165, 1.54) is 12.8 Å². The molecular weight excluding hydrogens is 350 g/mol. The van der Waals surface area contributed by atoms with Crippen LogP contribution in [0.3, 0.4) is 0 Å². The number of carboxylic acid groups (broad SMARTS) is 1. The van der Waals surface area contributed by atoms with Crippen LogP contribution in [0.5, 0.6) is 0 Å². The van der Waals surface area contributed by atoms with Gasteiger partial charge in [-0.05, 0) is 36.6 Å². The van der Waals surface area contributed by atoms with Crippen molar-refractivity contribution in [2.24, 2.45) is 0 Å². The summed E-state index contributed by atoms with van der Waals surface area (Å²) in [5.74, 6) is 0.297. The van der Waals surface area contributed by atoms with E-state index in [-0.39, 0.29) is 12.3 Å². The van der Waals surface area contributed by atoms with Gasteiger partial charge in [-0.2, -0.15) is 16.9 Å². The molecule has 6 nitrogen and oxygen atoms in total. The Morgan fingerprint density at radius 3 is 2.85 bits per heavy atom. The van der Waals surface area contributed by atoms with E-state index in [4.69, 9.17) is 5.11 Å². The second-order valence-electron chi connectivity index (χ2n) is 6.47. The molecule has 0 saturated heterocycles. The predicted octanol–water partition coefficient (Wildman–Crippen LogP) is 3.96. The zero-order valence-corrected chi connectivity index (χ0v) is 15.4. The highest BCUT2D eigenvalue weighted by atomic mass is 32.2. The molecule has 2 N–H and O–H groups in total. The fraction of sp³-hybridized carbons (Fsp3) is 0.421. The van der Waals surface area contributed by atoms with E-state index < -0.39 is 5.97 Å². The zero-order valence-electron chi connectivity index (χ0n) is 14.6. The number of carbonyl (C=O) groups excluding carboxylic acids is 1. The topological polar surface area (TPSA) is 84.2 Å². The number of anilines is 1. The Hall–Kier alpha value is -2.28. The first-order valence-corrected chi connectivity index (χ1v) is 10.0. The summed E-state index contributed by atoms with van der Waals surface area (Å²) in [4.78, 5) is 23.0. The van der Waals surface area contributed by atoms with Crippen LogP contribution in [0.25, 0.3) is 0 Å². The minimum Gasteiger partial charge on any atom is -0.481 e. The first kappa shape index (κ1) is 18.5. The van der Waals surface area contributed by atoms with Crippen LogP contribution < -0.4 is 5.32 Å². The van der Waals surface area contributed by atoms with Crippen molar-refractivity contribution in [3.63, 3.8) is 0 Å². The summed E-state index contributed by atoms with van der Waals surface area (Å²) in [6.45, 7) is 0. The van der Waals surface area contributed by atoms with Crippen LogP contribution in [0.1, 0.15) is 54.2 Å². The molecular formula is C19H23N3O3S. The summed E-state index contributed by atoms with van der Waals surface area (Å²) in [6, 6.07) is 9.80. The first-order chi connectivity index (χ1) is 12.6. The van der Waals surface area contributed by atoms with E-state index in [9.17, 15) is 9.59 Å². The summed E-state index contributed by atoms with van der Waals surface area (Å²) in [6.07, 6.45) is 6.76. The van der Waals surface area contributed by atoms with Crippen LogP contribution in [-0.2, 0) is 10.5 Å². The van der Waals surface area contributed by atoms with Gasteiger partial charge in [0.2, 0.25) is 0 Å². The van der Waals surface area contributed by atoms with Crippen molar-refractivity contribution in [1.82, 2.24) is 9.78 Å². The molecule has 3 rings (SSSR count). The number of hydrogen-bond acceptors (Lipinski definition) is 4. The number of aliphatic carboxylic acids is 1. The lowest BCUT2D eigenvalue weighted by Crippen LogP contribution is -2.14. The van der Waals surface area contributed by atoms with Gasteiger partial charge in [0.25, 0.3) is 5.91 Å². The molecule has 0 unspecified atom stereocenters. The van der Waals surface area contributed by atoms with E-state index >= 15 is 0 Å². The molecule has 1 aromatic carbocycles. The smallest absolute Gasteiger partial charge is 0.304 e. The van der Waals surface area contributed by atoms with Gasteiger partial charge in [-0.3, -0.25) is 14.3 Å². The van der Waals surface area contributed by atoms with Crippen LogP contribution >= 0.6 is 11.8 Å². The number of rotatable bonds is 8. The van der Waals surface area contributed by atoms with Crippen LogP contribution in [0, 0.1) is 0 Å². The molecule has 1 amide bonds. The Balaban J connectivity index is 1.55. The van der Waals surface area contributed by atoms with Crippen molar-refractivity contribution in [2.45, 2.75) is 43.9 Å². The van der Waals surface area contributed by atoms with E-state index in [0.29, 0.717) is 23.2 Å². The van der Waals surface area contributed by atoms with Gasteiger partial charge in [-0.15, -0.1) is 0 Å². The number of aromatic nitrogens is 2. The Morgan fingerprint density at radius 2 is 2.08 bits per heavy atom. The maximum atomic E-state index is 12.4. The maximum absolute atomic E-state index is 12.4. The predicted molar refractivity (Wildman–Crippen MR) is 103 cm³/mol. The lowest BCUT2D eigenvalue weighted by Gasteiger charge is -2.09. The van der Waals surface area contributed by atoms with E-state index in [1.54, 1.807) is 17.8 Å². The Kier molecular flexibility index (Phi) is 6.33. The molecule has 1 fully saturated rings. The molecule has 0 radical (unpaired) electrons. The van der Waals surface area contributed by atoms with Gasteiger partial charge in [0.1, 0.15) is 0 Å². The second kappa shape index (κ2) is 8.89. The number of carboxylic acids is 1. The minimum absolute atomic E-state index is 0.157. The number of amides is 1. The summed E-state index contributed by atoms with van der Waals surface area (Å²) in [5, 5.41) is 16.0. The van der Waals surface area contributed by atoms with Crippen LogP contribution in [0.2, 0.25) is 0 Å². The van der Waals surface area contributed by atoms with Gasteiger partial charge < -0.3 is 10.4 Å². The highest BCUT2D eigenvalue weighted by Crippen LogP contribution is 2.28. The molecule has 1 saturated carbocycles. The lowest BCUT2D eigenvalue weighted by atomic mass is 10.2. The quantitative estimate of drug-likeness (QED) is 0.684. The Labute approximate surface area is 157 Å². The van der Waals surface area contributed by atoms with Gasteiger partial charge in [0.05, 0.1) is 12.5 Å². The van der Waals surface area contributed by atoms with E-state index in [0.717, 1.165) is 24.1 Å². The van der Waals surface area contributed by atoms with Gasteiger partial charge in [-0.1, -0.05) is 25.0 Å². The van der Waals surface area contributed by atoms with Crippen molar-refractivity contribution in [1.29, 1.82) is 0 Å². The lowest BCUT2D eigenvalue weighted by molar-refractivity contribution is -0.136. The first-order valence-electron chi connectivity index (χ1n) is 8.87. The number of thioether (sulfide) groups is 1. The minimum atomic E-state index is -0.782. The molecule has 138 valence electrons. The molecule has 1 heterocycles. The van der Waals surface area contributed by atoms with E-state index in [1.807, 2.05) is 35.1 Å². The van der Waals surface area contributed by atoms with Crippen LogP contribution in [-0.4, -0.2) is 32.5 Å². The molecule has 0 spiro atoms. The van der Waals surface area contributed by atoms with Crippen molar-refractivity contribution in [3.8, 4) is 0 Å². The monoisotopic (exact) mass is 373 g/mol. The summed E-state index contributed by atoms with van der Waals surface area (Å²) in [5.41, 5.74) is 2.20. The summed E-state index contributed by atoms with van der Waals surface area (Å²) in [7, 11) is 0. The third kappa shape index (κ3) is 5.11. The molecule has 1 aliphatic rings. The van der Waals surface area contributed by atoms with Crippen molar-refractivity contribution in [3.05, 3.63) is 47.8 Å². The standard InChI is InChI=1S/C19H23N3O3S/c23-18(24)9-11-26-13-14-4-3-5-15(12-14)20-19(25)17-8-10-22(21-17)16-6-1-2-7-16/h3-5,8,10,12,16H,1-2,6-7,9,11,13H2,(H,20,25)(H,23,24). The molecule has 0 atom stereocenters. The van der Waals surface area contributed by atoms with Gasteiger partial charge in [0.15, 0.2) is 5.69 Å². The van der Waals surface area contributed by atoms with Crippen molar-refractivity contribution in [2.75, 3.05) is 11.1 Å². The van der Waals surface area contributed by atoms with Crippen LogP contribution in [0.15, 0.2) is 36.5 Å². The number of carbonyl (C=O) groups is 2. The number of hydrogen-bond donors (Lipinski definition) is 2.